The van der Waals surface area contributed by atoms with Gasteiger partial charge in [0.05, 0.1) is 12.1 Å². The highest BCUT2D eigenvalue weighted by molar-refractivity contribution is 6.02. The molecule has 1 aliphatic heterocycles. The Morgan fingerprint density at radius 1 is 1.50 bits per heavy atom. The fraction of sp³-hybridized carbons (Fsp3) is 0.462. The summed E-state index contributed by atoms with van der Waals surface area (Å²) in [5.41, 5.74) is 7.40. The fourth-order valence-corrected chi connectivity index (χ4v) is 2.46. The van der Waals surface area contributed by atoms with Gasteiger partial charge in [-0.1, -0.05) is 17.3 Å². The summed E-state index contributed by atoms with van der Waals surface area (Å²) < 4.78 is 5.58. The maximum atomic E-state index is 8.83. The summed E-state index contributed by atoms with van der Waals surface area (Å²) in [5, 5.41) is 11.9. The highest BCUT2D eigenvalue weighted by Gasteiger charge is 2.29. The van der Waals surface area contributed by atoms with E-state index in [0.717, 1.165) is 24.3 Å². The van der Waals surface area contributed by atoms with E-state index in [1.54, 1.807) is 0 Å². The minimum Gasteiger partial charge on any atom is -0.409 e. The summed E-state index contributed by atoms with van der Waals surface area (Å²) in [6, 6.07) is 7.96. The van der Waals surface area contributed by atoms with Crippen LogP contribution in [0.4, 0.5) is 5.69 Å². The number of amidine groups is 1. The van der Waals surface area contributed by atoms with Crippen LogP contribution in [0.25, 0.3) is 0 Å². The van der Waals surface area contributed by atoms with Gasteiger partial charge in [0, 0.05) is 24.9 Å². The van der Waals surface area contributed by atoms with E-state index in [2.05, 4.69) is 17.0 Å². The molecular weight excluding hydrogens is 230 g/mol. The molecule has 2 atom stereocenters. The number of rotatable bonds is 3. The second kappa shape index (κ2) is 5.27. The van der Waals surface area contributed by atoms with Gasteiger partial charge in [0.25, 0.3) is 0 Å². The second-order valence-electron chi connectivity index (χ2n) is 4.55. The SMILES string of the molecule is CC1OCCC1N(C)c1ccccc1/C(N)=N/O. The van der Waals surface area contributed by atoms with Crippen LogP contribution in [0.1, 0.15) is 18.9 Å². The van der Waals surface area contributed by atoms with Crippen LogP contribution >= 0.6 is 0 Å². The Morgan fingerprint density at radius 2 is 2.22 bits per heavy atom. The molecule has 0 bridgehead atoms. The van der Waals surface area contributed by atoms with Crippen molar-refractivity contribution in [2.24, 2.45) is 10.9 Å². The van der Waals surface area contributed by atoms with Crippen LogP contribution < -0.4 is 10.6 Å². The van der Waals surface area contributed by atoms with Gasteiger partial charge in [-0.25, -0.2) is 0 Å². The number of nitrogens with two attached hydrogens (primary N) is 1. The van der Waals surface area contributed by atoms with Crippen molar-refractivity contribution in [3.05, 3.63) is 29.8 Å². The van der Waals surface area contributed by atoms with Crippen molar-refractivity contribution < 1.29 is 9.94 Å². The predicted molar refractivity (Wildman–Crippen MR) is 71.2 cm³/mol. The van der Waals surface area contributed by atoms with Crippen LogP contribution in [0.2, 0.25) is 0 Å². The monoisotopic (exact) mass is 249 g/mol. The number of oxime groups is 1. The number of hydrogen-bond acceptors (Lipinski definition) is 4. The fourth-order valence-electron chi connectivity index (χ4n) is 2.46. The van der Waals surface area contributed by atoms with Crippen LogP contribution in [-0.4, -0.2) is 36.8 Å². The average molecular weight is 249 g/mol. The first-order valence-corrected chi connectivity index (χ1v) is 6.06. The van der Waals surface area contributed by atoms with Crippen molar-refractivity contribution in [2.75, 3.05) is 18.6 Å². The Hall–Kier alpha value is -1.75. The molecule has 0 aromatic heterocycles. The molecule has 18 heavy (non-hydrogen) atoms. The van der Waals surface area contributed by atoms with Crippen molar-refractivity contribution >= 4 is 11.5 Å². The number of benzene rings is 1. The van der Waals surface area contributed by atoms with Gasteiger partial charge in [0.15, 0.2) is 5.84 Å². The molecule has 5 nitrogen and oxygen atoms in total. The molecule has 2 unspecified atom stereocenters. The maximum absolute atomic E-state index is 8.83. The Morgan fingerprint density at radius 3 is 2.83 bits per heavy atom. The van der Waals surface area contributed by atoms with E-state index in [4.69, 9.17) is 15.7 Å². The van der Waals surface area contributed by atoms with Gasteiger partial charge >= 0.3 is 0 Å². The molecule has 1 aromatic rings. The third-order valence-corrected chi connectivity index (χ3v) is 3.50. The first-order valence-electron chi connectivity index (χ1n) is 6.06. The zero-order valence-electron chi connectivity index (χ0n) is 10.7. The Balaban J connectivity index is 2.32. The van der Waals surface area contributed by atoms with Crippen LogP contribution in [0.5, 0.6) is 0 Å². The predicted octanol–water partition coefficient (Wildman–Crippen LogP) is 1.39. The maximum Gasteiger partial charge on any atom is 0.172 e. The summed E-state index contributed by atoms with van der Waals surface area (Å²) in [7, 11) is 2.01. The Kier molecular flexibility index (Phi) is 3.72. The van der Waals surface area contributed by atoms with Crippen LogP contribution in [0.15, 0.2) is 29.4 Å². The highest BCUT2D eigenvalue weighted by Crippen LogP contribution is 2.26. The minimum absolute atomic E-state index is 0.129. The van der Waals surface area contributed by atoms with Crippen molar-refractivity contribution in [1.82, 2.24) is 0 Å². The molecule has 98 valence electrons. The molecule has 1 saturated heterocycles. The van der Waals surface area contributed by atoms with E-state index in [-0.39, 0.29) is 11.9 Å². The molecule has 0 amide bonds. The van der Waals surface area contributed by atoms with E-state index >= 15 is 0 Å². The molecule has 0 aliphatic carbocycles. The highest BCUT2D eigenvalue weighted by atomic mass is 16.5. The zero-order valence-corrected chi connectivity index (χ0v) is 10.7. The van der Waals surface area contributed by atoms with E-state index in [9.17, 15) is 0 Å². The molecule has 1 fully saturated rings. The number of likely N-dealkylation sites (N-methyl/N-ethyl adjacent to an activating group) is 1. The second-order valence-corrected chi connectivity index (χ2v) is 4.55. The molecule has 5 heteroatoms. The molecule has 1 aromatic carbocycles. The number of hydrogen-bond donors (Lipinski definition) is 2. The lowest BCUT2D eigenvalue weighted by atomic mass is 10.1. The molecule has 0 saturated carbocycles. The largest absolute Gasteiger partial charge is 0.409 e. The van der Waals surface area contributed by atoms with Gasteiger partial charge in [-0.05, 0) is 25.5 Å². The summed E-state index contributed by atoms with van der Waals surface area (Å²) in [4.78, 5) is 2.14. The third-order valence-electron chi connectivity index (χ3n) is 3.50. The lowest BCUT2D eigenvalue weighted by Crippen LogP contribution is -2.38. The molecule has 1 aliphatic rings. The molecule has 2 rings (SSSR count). The van der Waals surface area contributed by atoms with Gasteiger partial charge in [-0.3, -0.25) is 0 Å². The van der Waals surface area contributed by atoms with Gasteiger partial charge in [-0.2, -0.15) is 0 Å². The van der Waals surface area contributed by atoms with Crippen molar-refractivity contribution in [3.8, 4) is 0 Å². The van der Waals surface area contributed by atoms with E-state index in [0.29, 0.717) is 6.04 Å². The summed E-state index contributed by atoms with van der Waals surface area (Å²) in [6.07, 6.45) is 1.18. The van der Waals surface area contributed by atoms with E-state index in [1.807, 2.05) is 31.3 Å². The number of ether oxygens (including phenoxy) is 1. The molecule has 1 heterocycles. The van der Waals surface area contributed by atoms with Crippen LogP contribution in [0.3, 0.4) is 0 Å². The Labute approximate surface area is 107 Å². The van der Waals surface area contributed by atoms with E-state index < -0.39 is 0 Å². The lowest BCUT2D eigenvalue weighted by Gasteiger charge is -2.30. The summed E-state index contributed by atoms with van der Waals surface area (Å²) >= 11 is 0. The average Bonchev–Trinajstić information content (AvgIpc) is 2.83. The smallest absolute Gasteiger partial charge is 0.172 e. The zero-order chi connectivity index (χ0) is 13.1. The Bertz CT molecular complexity index is 448. The summed E-state index contributed by atoms with van der Waals surface area (Å²) in [6.45, 7) is 2.85. The standard InChI is InChI=1S/C13H19N3O2/c1-9-11(7-8-18-9)16(2)12-6-4-3-5-10(12)13(14)15-17/h3-6,9,11,17H,7-8H2,1-2H3,(H2,14,15). The van der Waals surface area contributed by atoms with Gasteiger partial charge in [-0.15, -0.1) is 0 Å². The number of anilines is 1. The van der Waals surface area contributed by atoms with Gasteiger partial charge in [0.1, 0.15) is 0 Å². The molecule has 0 radical (unpaired) electrons. The molecule has 3 N–H and O–H groups in total. The first kappa shape index (κ1) is 12.7. The van der Waals surface area contributed by atoms with Crippen molar-refractivity contribution in [2.45, 2.75) is 25.5 Å². The molecular formula is C13H19N3O2. The molecule has 0 spiro atoms. The normalized spacial score (nSPS) is 24.2. The number of nitrogens with zero attached hydrogens (tertiary/aromatic N) is 2. The topological polar surface area (TPSA) is 71.1 Å². The lowest BCUT2D eigenvalue weighted by molar-refractivity contribution is 0.118. The van der Waals surface area contributed by atoms with Crippen LogP contribution in [-0.2, 0) is 4.74 Å². The van der Waals surface area contributed by atoms with Crippen molar-refractivity contribution in [3.63, 3.8) is 0 Å². The van der Waals surface area contributed by atoms with Crippen molar-refractivity contribution in [1.29, 1.82) is 0 Å². The quantitative estimate of drug-likeness (QED) is 0.367. The van der Waals surface area contributed by atoms with Crippen LogP contribution in [0, 0.1) is 0 Å². The van der Waals surface area contributed by atoms with E-state index in [1.165, 1.54) is 0 Å². The van der Waals surface area contributed by atoms with Gasteiger partial charge in [0.2, 0.25) is 0 Å². The first-order chi connectivity index (χ1) is 8.65. The van der Waals surface area contributed by atoms with Gasteiger partial charge < -0.3 is 20.6 Å². The summed E-state index contributed by atoms with van der Waals surface area (Å²) in [5.74, 6) is 0.129. The number of para-hydroxylation sites is 1. The third kappa shape index (κ3) is 2.26. The minimum atomic E-state index is 0.129.